The summed E-state index contributed by atoms with van der Waals surface area (Å²) in [7, 11) is 0. The van der Waals surface area contributed by atoms with Crippen molar-refractivity contribution in [3.05, 3.63) is 57.8 Å². The maximum Gasteiger partial charge on any atom is 0.148 e. The topological polar surface area (TPSA) is 53.2 Å². The van der Waals surface area contributed by atoms with Crippen molar-refractivity contribution in [1.82, 2.24) is 0 Å². The third kappa shape index (κ3) is 2.92. The first-order valence-electron chi connectivity index (χ1n) is 5.41. The standard InChI is InChI=1S/C14H9BrFNO2/c15-12-6-10(5-4-9(12)8-18)19-14-3-1-2-13(16)11(14)7-17/h1-6,18H,8H2. The Kier molecular flexibility index (Phi) is 4.15. The van der Waals surface area contributed by atoms with Gasteiger partial charge in [0.05, 0.1) is 6.61 Å². The number of hydrogen-bond donors (Lipinski definition) is 1. The Balaban J connectivity index is 2.34. The third-order valence-corrected chi connectivity index (χ3v) is 3.25. The number of nitriles is 1. The molecule has 1 N–H and O–H groups in total. The van der Waals surface area contributed by atoms with Crippen LogP contribution in [0.2, 0.25) is 0 Å². The van der Waals surface area contributed by atoms with Crippen molar-refractivity contribution in [2.24, 2.45) is 0 Å². The number of aliphatic hydroxyl groups is 1. The van der Waals surface area contributed by atoms with Crippen LogP contribution in [0.5, 0.6) is 11.5 Å². The van der Waals surface area contributed by atoms with Crippen LogP contribution < -0.4 is 4.74 Å². The minimum Gasteiger partial charge on any atom is -0.456 e. The van der Waals surface area contributed by atoms with Gasteiger partial charge >= 0.3 is 0 Å². The molecule has 0 radical (unpaired) electrons. The molecule has 0 saturated carbocycles. The molecule has 2 rings (SSSR count). The highest BCUT2D eigenvalue weighted by Crippen LogP contribution is 2.29. The molecule has 0 unspecified atom stereocenters. The molecule has 3 nitrogen and oxygen atoms in total. The Labute approximate surface area is 118 Å². The monoisotopic (exact) mass is 321 g/mol. The predicted octanol–water partition coefficient (Wildman–Crippen LogP) is 3.74. The summed E-state index contributed by atoms with van der Waals surface area (Å²) in [5, 5.41) is 18.0. The van der Waals surface area contributed by atoms with Crippen LogP contribution in [0.3, 0.4) is 0 Å². The maximum atomic E-state index is 13.4. The Morgan fingerprint density at radius 3 is 2.74 bits per heavy atom. The molecule has 0 amide bonds. The van der Waals surface area contributed by atoms with Crippen LogP contribution in [0.4, 0.5) is 4.39 Å². The van der Waals surface area contributed by atoms with E-state index in [-0.39, 0.29) is 17.9 Å². The average Bonchev–Trinajstić information content (AvgIpc) is 2.39. The summed E-state index contributed by atoms with van der Waals surface area (Å²) in [5.74, 6) is -0.0108. The van der Waals surface area contributed by atoms with Gasteiger partial charge in [-0.05, 0) is 29.8 Å². The van der Waals surface area contributed by atoms with E-state index in [1.54, 1.807) is 24.3 Å². The van der Waals surface area contributed by atoms with Crippen LogP contribution in [0.1, 0.15) is 11.1 Å². The Bertz CT molecular complexity index is 652. The van der Waals surface area contributed by atoms with Gasteiger partial charge in [-0.2, -0.15) is 5.26 Å². The van der Waals surface area contributed by atoms with E-state index in [1.165, 1.54) is 18.2 Å². The van der Waals surface area contributed by atoms with Crippen molar-refractivity contribution in [1.29, 1.82) is 5.26 Å². The van der Waals surface area contributed by atoms with Crippen molar-refractivity contribution < 1.29 is 14.2 Å². The molecule has 96 valence electrons. The number of rotatable bonds is 3. The van der Waals surface area contributed by atoms with Crippen molar-refractivity contribution in [2.75, 3.05) is 0 Å². The second-order valence-electron chi connectivity index (χ2n) is 3.74. The molecule has 2 aromatic carbocycles. The zero-order valence-corrected chi connectivity index (χ0v) is 11.3. The first kappa shape index (κ1) is 13.5. The zero-order valence-electron chi connectivity index (χ0n) is 9.73. The van der Waals surface area contributed by atoms with Gasteiger partial charge in [-0.1, -0.05) is 28.1 Å². The minimum atomic E-state index is -0.619. The Morgan fingerprint density at radius 1 is 1.32 bits per heavy atom. The van der Waals surface area contributed by atoms with Gasteiger partial charge in [0.25, 0.3) is 0 Å². The number of nitrogens with zero attached hydrogens (tertiary/aromatic N) is 1. The van der Waals surface area contributed by atoms with Crippen LogP contribution in [-0.2, 0) is 6.61 Å². The Morgan fingerprint density at radius 2 is 2.11 bits per heavy atom. The van der Waals surface area contributed by atoms with Gasteiger partial charge in [0.1, 0.15) is 28.9 Å². The van der Waals surface area contributed by atoms with Crippen LogP contribution >= 0.6 is 15.9 Å². The van der Waals surface area contributed by atoms with Gasteiger partial charge in [0.15, 0.2) is 0 Å². The molecular formula is C14H9BrFNO2. The second-order valence-corrected chi connectivity index (χ2v) is 4.59. The van der Waals surface area contributed by atoms with E-state index in [0.717, 1.165) is 0 Å². The fourth-order valence-corrected chi connectivity index (χ4v) is 2.03. The number of benzene rings is 2. The summed E-state index contributed by atoms with van der Waals surface area (Å²) in [4.78, 5) is 0. The highest BCUT2D eigenvalue weighted by molar-refractivity contribution is 9.10. The van der Waals surface area contributed by atoms with Gasteiger partial charge in [-0.3, -0.25) is 0 Å². The van der Waals surface area contributed by atoms with Gasteiger partial charge in [-0.25, -0.2) is 4.39 Å². The second kappa shape index (κ2) is 5.83. The molecule has 0 aliphatic carbocycles. The quantitative estimate of drug-likeness (QED) is 0.936. The molecule has 0 aromatic heterocycles. The lowest BCUT2D eigenvalue weighted by Crippen LogP contribution is -1.92. The molecular weight excluding hydrogens is 313 g/mol. The van der Waals surface area contributed by atoms with E-state index in [1.807, 2.05) is 0 Å². The lowest BCUT2D eigenvalue weighted by Gasteiger charge is -2.09. The van der Waals surface area contributed by atoms with Gasteiger partial charge < -0.3 is 9.84 Å². The van der Waals surface area contributed by atoms with Gasteiger partial charge in [0.2, 0.25) is 0 Å². The predicted molar refractivity (Wildman–Crippen MR) is 71.3 cm³/mol. The van der Waals surface area contributed by atoms with E-state index in [0.29, 0.717) is 15.8 Å². The van der Waals surface area contributed by atoms with E-state index in [2.05, 4.69) is 15.9 Å². The lowest BCUT2D eigenvalue weighted by atomic mass is 10.2. The normalized spacial score (nSPS) is 10.0. The highest BCUT2D eigenvalue weighted by Gasteiger charge is 2.10. The van der Waals surface area contributed by atoms with Crippen molar-refractivity contribution in [3.8, 4) is 17.6 Å². The number of halogens is 2. The van der Waals surface area contributed by atoms with Crippen molar-refractivity contribution in [2.45, 2.75) is 6.61 Å². The van der Waals surface area contributed by atoms with Gasteiger partial charge in [-0.15, -0.1) is 0 Å². The molecule has 0 spiro atoms. The van der Waals surface area contributed by atoms with Crippen LogP contribution in [0.25, 0.3) is 0 Å². The molecule has 0 fully saturated rings. The molecule has 0 aliphatic rings. The van der Waals surface area contributed by atoms with Crippen LogP contribution in [-0.4, -0.2) is 5.11 Å². The average molecular weight is 322 g/mol. The Hall–Kier alpha value is -1.90. The summed E-state index contributed by atoms with van der Waals surface area (Å²) < 4.78 is 19.6. The first-order valence-corrected chi connectivity index (χ1v) is 6.20. The molecule has 0 bridgehead atoms. The first-order chi connectivity index (χ1) is 9.15. The van der Waals surface area contributed by atoms with E-state index >= 15 is 0 Å². The molecule has 2 aromatic rings. The zero-order chi connectivity index (χ0) is 13.8. The van der Waals surface area contributed by atoms with Crippen molar-refractivity contribution >= 4 is 15.9 Å². The molecule has 0 saturated heterocycles. The fraction of sp³-hybridized carbons (Fsp3) is 0.0714. The van der Waals surface area contributed by atoms with Crippen LogP contribution in [0, 0.1) is 17.1 Å². The third-order valence-electron chi connectivity index (χ3n) is 2.51. The summed E-state index contributed by atoms with van der Waals surface area (Å²) in [5.41, 5.74) is 0.581. The SMILES string of the molecule is N#Cc1c(F)cccc1Oc1ccc(CO)c(Br)c1. The molecule has 0 heterocycles. The van der Waals surface area contributed by atoms with Gasteiger partial charge in [0, 0.05) is 4.47 Å². The maximum absolute atomic E-state index is 13.4. The number of ether oxygens (including phenoxy) is 1. The summed E-state index contributed by atoms with van der Waals surface area (Å²) in [6.45, 7) is -0.0930. The highest BCUT2D eigenvalue weighted by atomic mass is 79.9. The molecule has 5 heteroatoms. The smallest absolute Gasteiger partial charge is 0.148 e. The summed E-state index contributed by atoms with van der Waals surface area (Å²) in [6, 6.07) is 10.9. The molecule has 0 aliphatic heterocycles. The fourth-order valence-electron chi connectivity index (χ4n) is 1.54. The lowest BCUT2D eigenvalue weighted by molar-refractivity contribution is 0.281. The largest absolute Gasteiger partial charge is 0.456 e. The van der Waals surface area contributed by atoms with Crippen LogP contribution in [0.15, 0.2) is 40.9 Å². The van der Waals surface area contributed by atoms with E-state index < -0.39 is 5.82 Å². The number of aliphatic hydroxyl groups excluding tert-OH is 1. The minimum absolute atomic E-state index is 0.0930. The van der Waals surface area contributed by atoms with E-state index in [9.17, 15) is 4.39 Å². The van der Waals surface area contributed by atoms with Crippen molar-refractivity contribution in [3.63, 3.8) is 0 Å². The summed E-state index contributed by atoms with van der Waals surface area (Å²) >= 11 is 3.29. The van der Waals surface area contributed by atoms with E-state index in [4.69, 9.17) is 15.1 Å². The summed E-state index contributed by atoms with van der Waals surface area (Å²) in [6.07, 6.45) is 0. The molecule has 0 atom stereocenters. The molecule has 19 heavy (non-hydrogen) atoms. The number of hydrogen-bond acceptors (Lipinski definition) is 3.